The lowest BCUT2D eigenvalue weighted by Gasteiger charge is -2.14. The number of hydrogen-bond donors (Lipinski definition) is 2. The van der Waals surface area contributed by atoms with Gasteiger partial charge in [-0.25, -0.2) is 9.59 Å². The SMILES string of the molecule is Cc1ccccc1CNC(=O)n1c(=O)c2ccccc2n1C(=O)NCc1ccccc1C. The van der Waals surface area contributed by atoms with E-state index in [1.165, 1.54) is 0 Å². The Hall–Kier alpha value is -4.13. The molecule has 0 unspecified atom stereocenters. The van der Waals surface area contributed by atoms with Crippen molar-refractivity contribution in [2.24, 2.45) is 0 Å². The monoisotopic (exact) mass is 428 g/mol. The summed E-state index contributed by atoms with van der Waals surface area (Å²) in [5.41, 5.74) is 3.77. The maximum absolute atomic E-state index is 13.1. The second kappa shape index (κ2) is 8.93. The van der Waals surface area contributed by atoms with Gasteiger partial charge in [0.1, 0.15) is 0 Å². The van der Waals surface area contributed by atoms with Crippen LogP contribution in [0.15, 0.2) is 77.6 Å². The molecule has 7 nitrogen and oxygen atoms in total. The number of hydrogen-bond acceptors (Lipinski definition) is 3. The molecule has 4 rings (SSSR count). The first-order chi connectivity index (χ1) is 15.5. The topological polar surface area (TPSA) is 85.1 Å². The van der Waals surface area contributed by atoms with Gasteiger partial charge in [0.25, 0.3) is 5.56 Å². The van der Waals surface area contributed by atoms with Crippen molar-refractivity contribution >= 4 is 23.0 Å². The molecule has 4 aromatic rings. The molecule has 0 spiro atoms. The minimum absolute atomic E-state index is 0.240. The Morgan fingerprint density at radius 3 is 1.72 bits per heavy atom. The van der Waals surface area contributed by atoms with E-state index in [-0.39, 0.29) is 13.1 Å². The van der Waals surface area contributed by atoms with Gasteiger partial charge in [-0.1, -0.05) is 60.7 Å². The van der Waals surface area contributed by atoms with Gasteiger partial charge in [-0.15, -0.1) is 0 Å². The van der Waals surface area contributed by atoms with Crippen LogP contribution in [0.1, 0.15) is 22.3 Å². The molecule has 0 atom stereocenters. The van der Waals surface area contributed by atoms with Crippen LogP contribution >= 0.6 is 0 Å². The van der Waals surface area contributed by atoms with Gasteiger partial charge < -0.3 is 10.6 Å². The number of amides is 2. The molecule has 1 aromatic heterocycles. The van der Waals surface area contributed by atoms with Crippen LogP contribution in [-0.2, 0) is 13.1 Å². The summed E-state index contributed by atoms with van der Waals surface area (Å²) < 4.78 is 1.96. The highest BCUT2D eigenvalue weighted by Gasteiger charge is 2.22. The number of carbonyl (C=O) groups excluding carboxylic acids is 2. The zero-order valence-electron chi connectivity index (χ0n) is 18.0. The van der Waals surface area contributed by atoms with Gasteiger partial charge >= 0.3 is 12.1 Å². The highest BCUT2D eigenvalue weighted by molar-refractivity contribution is 5.94. The maximum Gasteiger partial charge on any atom is 0.344 e. The lowest BCUT2D eigenvalue weighted by molar-refractivity contribution is 0.224. The second-order valence-electron chi connectivity index (χ2n) is 7.62. The van der Waals surface area contributed by atoms with Crippen molar-refractivity contribution in [1.82, 2.24) is 20.0 Å². The van der Waals surface area contributed by atoms with Gasteiger partial charge in [-0.3, -0.25) is 4.79 Å². The first kappa shape index (κ1) is 21.1. The van der Waals surface area contributed by atoms with E-state index < -0.39 is 17.6 Å². The standard InChI is InChI=1S/C25H24N4O3/c1-17-9-3-5-11-19(17)15-26-24(31)28-22-14-8-7-13-21(22)23(30)29(28)25(32)27-16-20-12-6-4-10-18(20)2/h3-14H,15-16H2,1-2H3,(H,26,31)(H,27,32). The average molecular weight is 428 g/mol. The Balaban J connectivity index is 1.65. The third-order valence-corrected chi connectivity index (χ3v) is 5.52. The van der Waals surface area contributed by atoms with E-state index in [9.17, 15) is 14.4 Å². The number of para-hydroxylation sites is 1. The third kappa shape index (κ3) is 4.05. The highest BCUT2D eigenvalue weighted by atomic mass is 16.2. The molecule has 0 aliphatic carbocycles. The van der Waals surface area contributed by atoms with Crippen molar-refractivity contribution in [2.75, 3.05) is 0 Å². The van der Waals surface area contributed by atoms with E-state index in [0.717, 1.165) is 31.6 Å². The summed E-state index contributed by atoms with van der Waals surface area (Å²) in [6.45, 7) is 4.42. The van der Waals surface area contributed by atoms with Crippen LogP contribution in [0.4, 0.5) is 9.59 Å². The van der Waals surface area contributed by atoms with E-state index in [1.807, 2.05) is 62.4 Å². The van der Waals surface area contributed by atoms with Crippen molar-refractivity contribution in [3.05, 3.63) is 105 Å². The van der Waals surface area contributed by atoms with Crippen molar-refractivity contribution in [1.29, 1.82) is 0 Å². The van der Waals surface area contributed by atoms with E-state index >= 15 is 0 Å². The molecule has 7 heteroatoms. The molecule has 2 amide bonds. The smallest absolute Gasteiger partial charge is 0.332 e. The third-order valence-electron chi connectivity index (χ3n) is 5.52. The number of carbonyl (C=O) groups is 2. The van der Waals surface area contributed by atoms with Gasteiger partial charge in [0, 0.05) is 13.1 Å². The summed E-state index contributed by atoms with van der Waals surface area (Å²) >= 11 is 0. The zero-order chi connectivity index (χ0) is 22.7. The number of nitrogens with one attached hydrogen (secondary N) is 2. The van der Waals surface area contributed by atoms with Crippen LogP contribution < -0.4 is 16.2 Å². The first-order valence-corrected chi connectivity index (χ1v) is 10.4. The Morgan fingerprint density at radius 1 is 0.688 bits per heavy atom. The van der Waals surface area contributed by atoms with Gasteiger partial charge in [0.05, 0.1) is 10.9 Å². The summed E-state index contributed by atoms with van der Waals surface area (Å²) in [5, 5.41) is 5.88. The molecule has 3 aromatic carbocycles. The van der Waals surface area contributed by atoms with Gasteiger partial charge in [0.2, 0.25) is 0 Å². The van der Waals surface area contributed by atoms with E-state index in [0.29, 0.717) is 10.9 Å². The summed E-state index contributed by atoms with van der Waals surface area (Å²) in [6, 6.07) is 20.8. The fraction of sp³-hybridized carbons (Fsp3) is 0.160. The van der Waals surface area contributed by atoms with Gasteiger partial charge in [-0.2, -0.15) is 9.36 Å². The largest absolute Gasteiger partial charge is 0.344 e. The molecule has 0 radical (unpaired) electrons. The minimum atomic E-state index is -0.666. The number of aromatic nitrogens is 2. The van der Waals surface area contributed by atoms with Crippen LogP contribution in [-0.4, -0.2) is 21.4 Å². The molecular formula is C25H24N4O3. The van der Waals surface area contributed by atoms with Crippen molar-refractivity contribution in [3.63, 3.8) is 0 Å². The van der Waals surface area contributed by atoms with E-state index in [2.05, 4.69) is 10.6 Å². The number of fused-ring (bicyclic) bond motifs is 1. The van der Waals surface area contributed by atoms with Crippen LogP contribution in [0.3, 0.4) is 0 Å². The van der Waals surface area contributed by atoms with E-state index in [1.54, 1.807) is 24.3 Å². The normalized spacial score (nSPS) is 10.8. The fourth-order valence-corrected chi connectivity index (χ4v) is 3.64. The molecule has 0 bridgehead atoms. The quantitative estimate of drug-likeness (QED) is 0.516. The molecule has 0 fully saturated rings. The summed E-state index contributed by atoms with van der Waals surface area (Å²) in [6.07, 6.45) is 0. The maximum atomic E-state index is 13.1. The lowest BCUT2D eigenvalue weighted by Crippen LogP contribution is -2.42. The van der Waals surface area contributed by atoms with Crippen LogP contribution in [0, 0.1) is 13.8 Å². The first-order valence-electron chi connectivity index (χ1n) is 10.4. The predicted octanol–water partition coefficient (Wildman–Crippen LogP) is 3.94. The fourth-order valence-electron chi connectivity index (χ4n) is 3.64. The molecule has 0 aliphatic rings. The molecule has 1 heterocycles. The Morgan fingerprint density at radius 2 is 1.16 bits per heavy atom. The predicted molar refractivity (Wildman–Crippen MR) is 124 cm³/mol. The highest BCUT2D eigenvalue weighted by Crippen LogP contribution is 2.12. The van der Waals surface area contributed by atoms with Crippen LogP contribution in [0.25, 0.3) is 10.9 Å². The van der Waals surface area contributed by atoms with Crippen molar-refractivity contribution < 1.29 is 9.59 Å². The molecular weight excluding hydrogens is 404 g/mol. The van der Waals surface area contributed by atoms with Crippen LogP contribution in [0.5, 0.6) is 0 Å². The second-order valence-corrected chi connectivity index (χ2v) is 7.62. The molecule has 162 valence electrons. The van der Waals surface area contributed by atoms with Crippen molar-refractivity contribution in [3.8, 4) is 0 Å². The average Bonchev–Trinajstić information content (AvgIpc) is 3.10. The molecule has 0 saturated carbocycles. The summed E-state index contributed by atoms with van der Waals surface area (Å²) in [7, 11) is 0. The van der Waals surface area contributed by atoms with E-state index in [4.69, 9.17) is 0 Å². The number of aryl methyl sites for hydroxylation is 2. The van der Waals surface area contributed by atoms with Crippen LogP contribution in [0.2, 0.25) is 0 Å². The summed E-state index contributed by atoms with van der Waals surface area (Å²) in [5.74, 6) is 0. The molecule has 0 aliphatic heterocycles. The number of benzene rings is 3. The minimum Gasteiger partial charge on any atom is -0.332 e. The van der Waals surface area contributed by atoms with Gasteiger partial charge in [0.15, 0.2) is 0 Å². The van der Waals surface area contributed by atoms with Gasteiger partial charge in [-0.05, 0) is 48.2 Å². The molecule has 2 N–H and O–H groups in total. The zero-order valence-corrected chi connectivity index (χ0v) is 18.0. The summed E-state index contributed by atoms with van der Waals surface area (Å²) in [4.78, 5) is 39.1. The Kier molecular flexibility index (Phi) is 5.89. The Bertz CT molecular complexity index is 1370. The lowest BCUT2D eigenvalue weighted by atomic mass is 10.1. The van der Waals surface area contributed by atoms with Crippen molar-refractivity contribution in [2.45, 2.75) is 26.9 Å². The Labute approximate surface area is 185 Å². The molecule has 32 heavy (non-hydrogen) atoms. The molecule has 0 saturated heterocycles. The number of nitrogens with zero attached hydrogens (tertiary/aromatic N) is 2. The number of rotatable bonds is 4.